The van der Waals surface area contributed by atoms with Crippen molar-refractivity contribution in [2.75, 3.05) is 0 Å². The molecular formula is C24H22O4. The predicted octanol–water partition coefficient (Wildman–Crippen LogP) is 5.18. The zero-order valence-electron chi connectivity index (χ0n) is 15.9. The molecule has 3 aromatic rings. The summed E-state index contributed by atoms with van der Waals surface area (Å²) in [5, 5.41) is 13.2. The number of carbonyl (C=O) groups excluding carboxylic acids is 1. The van der Waals surface area contributed by atoms with E-state index in [9.17, 15) is 14.7 Å². The number of rotatable bonds is 3. The lowest BCUT2D eigenvalue weighted by molar-refractivity contribution is -0.152. The number of benzene rings is 3. The van der Waals surface area contributed by atoms with E-state index < -0.39 is 23.8 Å². The Morgan fingerprint density at radius 3 is 2.29 bits per heavy atom. The Bertz CT molecular complexity index is 1130. The van der Waals surface area contributed by atoms with E-state index in [1.54, 1.807) is 0 Å². The number of allylic oxidation sites excluding steroid dienone is 2. The second-order valence-corrected chi connectivity index (χ2v) is 7.57. The van der Waals surface area contributed by atoms with Crippen molar-refractivity contribution in [3.05, 3.63) is 65.7 Å². The zero-order valence-corrected chi connectivity index (χ0v) is 15.9. The Kier molecular flexibility index (Phi) is 4.63. The van der Waals surface area contributed by atoms with E-state index in [2.05, 4.69) is 12.1 Å². The van der Waals surface area contributed by atoms with Gasteiger partial charge in [-0.05, 0) is 49.6 Å². The largest absolute Gasteiger partial charge is 0.481 e. The minimum atomic E-state index is -0.958. The molecule has 4 heteroatoms. The Hall–Kier alpha value is -3.14. The van der Waals surface area contributed by atoms with Crippen LogP contribution in [0.1, 0.15) is 24.0 Å². The van der Waals surface area contributed by atoms with Gasteiger partial charge in [0.15, 0.2) is 0 Å². The lowest BCUT2D eigenvalue weighted by Crippen LogP contribution is -2.33. The average Bonchev–Trinajstić information content (AvgIpc) is 2.68. The molecule has 0 bridgehead atoms. The Morgan fingerprint density at radius 1 is 0.857 bits per heavy atom. The zero-order chi connectivity index (χ0) is 19.8. The third kappa shape index (κ3) is 3.26. The summed E-state index contributed by atoms with van der Waals surface area (Å²) in [6, 6.07) is 14.2. The minimum absolute atomic E-state index is 0.351. The van der Waals surface area contributed by atoms with Crippen LogP contribution in [-0.4, -0.2) is 17.0 Å². The fraction of sp³-hybridized carbons (Fsp3) is 0.250. The Balaban J connectivity index is 1.84. The van der Waals surface area contributed by atoms with Crippen LogP contribution in [0.25, 0.3) is 21.5 Å². The fourth-order valence-corrected chi connectivity index (χ4v) is 3.95. The topological polar surface area (TPSA) is 63.6 Å². The highest BCUT2D eigenvalue weighted by Gasteiger charge is 2.35. The second-order valence-electron chi connectivity index (χ2n) is 7.57. The summed E-state index contributed by atoms with van der Waals surface area (Å²) in [6.07, 6.45) is 4.42. The van der Waals surface area contributed by atoms with Gasteiger partial charge in [0, 0.05) is 10.8 Å². The van der Waals surface area contributed by atoms with Gasteiger partial charge in [-0.3, -0.25) is 9.59 Å². The van der Waals surface area contributed by atoms with Crippen molar-refractivity contribution in [2.24, 2.45) is 11.8 Å². The van der Waals surface area contributed by atoms with E-state index in [4.69, 9.17) is 4.74 Å². The van der Waals surface area contributed by atoms with Crippen molar-refractivity contribution in [3.8, 4) is 5.75 Å². The van der Waals surface area contributed by atoms with Gasteiger partial charge >= 0.3 is 11.9 Å². The number of aryl methyl sites for hydroxylation is 2. The first kappa shape index (κ1) is 18.2. The van der Waals surface area contributed by atoms with Crippen molar-refractivity contribution in [1.82, 2.24) is 0 Å². The number of ether oxygens (including phenoxy) is 1. The summed E-state index contributed by atoms with van der Waals surface area (Å²) in [5.74, 6) is -2.35. The van der Waals surface area contributed by atoms with Crippen LogP contribution in [0, 0.1) is 25.7 Å². The van der Waals surface area contributed by atoms with Crippen LogP contribution < -0.4 is 4.74 Å². The molecule has 4 rings (SSSR count). The molecule has 3 aromatic carbocycles. The van der Waals surface area contributed by atoms with E-state index >= 15 is 0 Å². The van der Waals surface area contributed by atoms with E-state index in [1.165, 1.54) is 0 Å². The highest BCUT2D eigenvalue weighted by Crippen LogP contribution is 2.37. The quantitative estimate of drug-likeness (QED) is 0.297. The number of carboxylic acids is 1. The van der Waals surface area contributed by atoms with Crippen LogP contribution in [0.3, 0.4) is 0 Å². The molecule has 0 saturated carbocycles. The van der Waals surface area contributed by atoms with Gasteiger partial charge in [-0.2, -0.15) is 0 Å². The van der Waals surface area contributed by atoms with Crippen molar-refractivity contribution in [1.29, 1.82) is 0 Å². The van der Waals surface area contributed by atoms with Crippen molar-refractivity contribution < 1.29 is 19.4 Å². The molecule has 1 N–H and O–H groups in total. The molecule has 2 unspecified atom stereocenters. The van der Waals surface area contributed by atoms with Gasteiger partial charge in [0.1, 0.15) is 5.75 Å². The molecule has 0 aromatic heterocycles. The molecule has 142 valence electrons. The molecule has 0 fully saturated rings. The summed E-state index contributed by atoms with van der Waals surface area (Å²) < 4.78 is 5.92. The van der Waals surface area contributed by atoms with E-state index in [0.29, 0.717) is 18.6 Å². The molecule has 1 aliphatic carbocycles. The maximum atomic E-state index is 13.0. The standard InChI is InChI=1S/C24H22O4/c1-14-8-10-18-17(11-14)13-16-9-7-15(2)12-21(16)22(18)28-24(27)20-6-4-3-5-19(20)23(25)26/h3-4,7-13,19-20H,5-6H2,1-2H3,(H,25,26). The third-order valence-corrected chi connectivity index (χ3v) is 5.47. The molecule has 0 spiro atoms. The van der Waals surface area contributed by atoms with Crippen LogP contribution in [-0.2, 0) is 9.59 Å². The first-order chi connectivity index (χ1) is 13.4. The average molecular weight is 374 g/mol. The second kappa shape index (κ2) is 7.12. The molecule has 28 heavy (non-hydrogen) atoms. The van der Waals surface area contributed by atoms with E-state index in [1.807, 2.05) is 56.3 Å². The maximum Gasteiger partial charge on any atom is 0.315 e. The molecule has 4 nitrogen and oxygen atoms in total. The van der Waals surface area contributed by atoms with Gasteiger partial charge in [-0.1, -0.05) is 53.6 Å². The number of esters is 1. The van der Waals surface area contributed by atoms with Gasteiger partial charge < -0.3 is 9.84 Å². The van der Waals surface area contributed by atoms with Gasteiger partial charge in [-0.15, -0.1) is 0 Å². The highest BCUT2D eigenvalue weighted by molar-refractivity contribution is 6.07. The molecule has 1 aliphatic rings. The molecule has 0 amide bonds. The fourth-order valence-electron chi connectivity index (χ4n) is 3.95. The summed E-state index contributed by atoms with van der Waals surface area (Å²) in [4.78, 5) is 24.6. The molecule has 0 saturated heterocycles. The lowest BCUT2D eigenvalue weighted by Gasteiger charge is -2.24. The first-order valence-electron chi connectivity index (χ1n) is 9.47. The lowest BCUT2D eigenvalue weighted by atomic mass is 9.83. The van der Waals surface area contributed by atoms with E-state index in [-0.39, 0.29) is 0 Å². The molecule has 2 atom stereocenters. The number of aliphatic carboxylic acids is 1. The number of carboxylic acid groups (broad SMARTS) is 1. The Labute approximate surface area is 163 Å². The minimum Gasteiger partial charge on any atom is -0.481 e. The van der Waals surface area contributed by atoms with Gasteiger partial charge in [-0.25, -0.2) is 0 Å². The van der Waals surface area contributed by atoms with Gasteiger partial charge in [0.2, 0.25) is 0 Å². The predicted molar refractivity (Wildman–Crippen MR) is 110 cm³/mol. The maximum absolute atomic E-state index is 13.0. The number of hydrogen-bond donors (Lipinski definition) is 1. The van der Waals surface area contributed by atoms with E-state index in [0.717, 1.165) is 32.7 Å². The summed E-state index contributed by atoms with van der Waals surface area (Å²) >= 11 is 0. The normalized spacial score (nSPS) is 19.1. The van der Waals surface area contributed by atoms with Crippen molar-refractivity contribution in [2.45, 2.75) is 26.7 Å². The monoisotopic (exact) mass is 374 g/mol. The SMILES string of the molecule is Cc1ccc2c(OC(=O)C3CC=CCC3C(=O)O)c3cc(C)ccc3cc2c1. The molecule has 0 radical (unpaired) electrons. The van der Waals surface area contributed by atoms with Crippen LogP contribution in [0.15, 0.2) is 54.6 Å². The summed E-state index contributed by atoms with van der Waals surface area (Å²) in [7, 11) is 0. The molecule has 0 heterocycles. The van der Waals surface area contributed by atoms with Crippen LogP contribution in [0.4, 0.5) is 0 Å². The van der Waals surface area contributed by atoms with Gasteiger partial charge in [0.25, 0.3) is 0 Å². The Morgan fingerprint density at radius 2 is 1.54 bits per heavy atom. The summed E-state index contributed by atoms with van der Waals surface area (Å²) in [6.45, 7) is 4.02. The third-order valence-electron chi connectivity index (χ3n) is 5.47. The van der Waals surface area contributed by atoms with Crippen LogP contribution in [0.5, 0.6) is 5.75 Å². The van der Waals surface area contributed by atoms with Crippen LogP contribution in [0.2, 0.25) is 0 Å². The first-order valence-corrected chi connectivity index (χ1v) is 9.47. The molecular weight excluding hydrogens is 352 g/mol. The van der Waals surface area contributed by atoms with Gasteiger partial charge in [0.05, 0.1) is 11.8 Å². The summed E-state index contributed by atoms with van der Waals surface area (Å²) in [5.41, 5.74) is 2.19. The molecule has 0 aliphatic heterocycles. The number of hydrogen-bond acceptors (Lipinski definition) is 3. The smallest absolute Gasteiger partial charge is 0.315 e. The van der Waals surface area contributed by atoms with Crippen LogP contribution >= 0.6 is 0 Å². The van der Waals surface area contributed by atoms with Crippen molar-refractivity contribution in [3.63, 3.8) is 0 Å². The number of fused-ring (bicyclic) bond motifs is 2. The van der Waals surface area contributed by atoms with Crippen molar-refractivity contribution >= 4 is 33.5 Å². The highest BCUT2D eigenvalue weighted by atomic mass is 16.5. The number of carbonyl (C=O) groups is 2.